The first-order valence-corrected chi connectivity index (χ1v) is 7.85. The van der Waals surface area contributed by atoms with Crippen molar-refractivity contribution in [3.8, 4) is 5.75 Å². The normalized spacial score (nSPS) is 11.1. The maximum absolute atomic E-state index is 11.9. The van der Waals surface area contributed by atoms with Crippen molar-refractivity contribution in [2.45, 2.75) is 11.8 Å². The molecule has 0 aliphatic carbocycles. The summed E-state index contributed by atoms with van der Waals surface area (Å²) < 4.78 is 40.8. The molecule has 0 aliphatic rings. The number of esters is 1. The van der Waals surface area contributed by atoms with Gasteiger partial charge in [-0.15, -0.1) is 0 Å². The number of carbonyl (C=O) groups is 1. The Balaban J connectivity index is 2.57. The Labute approximate surface area is 124 Å². The molecule has 0 aromatic heterocycles. The van der Waals surface area contributed by atoms with Crippen molar-refractivity contribution in [1.29, 1.82) is 0 Å². The van der Waals surface area contributed by atoms with E-state index >= 15 is 0 Å². The van der Waals surface area contributed by atoms with Crippen LogP contribution >= 0.6 is 0 Å². The molecule has 8 heteroatoms. The quantitative estimate of drug-likeness (QED) is 0.528. The number of methoxy groups -OCH3 is 1. The molecular weight excluding hydrogens is 298 g/mol. The molecule has 0 heterocycles. The van der Waals surface area contributed by atoms with E-state index in [0.29, 0.717) is 25.6 Å². The van der Waals surface area contributed by atoms with Gasteiger partial charge in [0, 0.05) is 6.61 Å². The molecule has 21 heavy (non-hydrogen) atoms. The van der Waals surface area contributed by atoms with Crippen LogP contribution in [-0.4, -0.2) is 47.9 Å². The third-order valence-electron chi connectivity index (χ3n) is 2.47. The third kappa shape index (κ3) is 6.11. The van der Waals surface area contributed by atoms with Crippen LogP contribution in [0, 0.1) is 0 Å². The van der Waals surface area contributed by atoms with Crippen molar-refractivity contribution in [2.24, 2.45) is 0 Å². The van der Waals surface area contributed by atoms with E-state index in [9.17, 15) is 13.2 Å². The summed E-state index contributed by atoms with van der Waals surface area (Å²) in [7, 11) is -2.56. The SMILES string of the molecule is CCOCCOc1ccc(S(=O)(=O)NCC(=O)OC)cc1. The number of hydrogen-bond acceptors (Lipinski definition) is 6. The molecule has 0 bridgehead atoms. The third-order valence-corrected chi connectivity index (χ3v) is 3.89. The molecule has 0 fully saturated rings. The molecule has 7 nitrogen and oxygen atoms in total. The molecule has 0 atom stereocenters. The summed E-state index contributed by atoms with van der Waals surface area (Å²) in [4.78, 5) is 11.0. The fourth-order valence-electron chi connectivity index (χ4n) is 1.39. The Morgan fingerprint density at radius 3 is 2.43 bits per heavy atom. The summed E-state index contributed by atoms with van der Waals surface area (Å²) in [5.74, 6) is -0.115. The fraction of sp³-hybridized carbons (Fsp3) is 0.462. The summed E-state index contributed by atoms with van der Waals surface area (Å²) in [6.07, 6.45) is 0. The van der Waals surface area contributed by atoms with Gasteiger partial charge >= 0.3 is 5.97 Å². The molecule has 1 aromatic rings. The van der Waals surface area contributed by atoms with Crippen LogP contribution in [0.5, 0.6) is 5.75 Å². The Bertz CT molecular complexity index is 540. The van der Waals surface area contributed by atoms with Crippen molar-refractivity contribution >= 4 is 16.0 Å². The predicted molar refractivity (Wildman–Crippen MR) is 75.6 cm³/mol. The Morgan fingerprint density at radius 2 is 1.86 bits per heavy atom. The van der Waals surface area contributed by atoms with Crippen molar-refractivity contribution < 1.29 is 27.4 Å². The number of ether oxygens (including phenoxy) is 3. The van der Waals surface area contributed by atoms with E-state index in [2.05, 4.69) is 9.46 Å². The summed E-state index contributed by atoms with van der Waals surface area (Å²) in [5, 5.41) is 0. The molecule has 0 saturated carbocycles. The highest BCUT2D eigenvalue weighted by Gasteiger charge is 2.15. The molecule has 1 N–H and O–H groups in total. The van der Waals surface area contributed by atoms with Crippen molar-refractivity contribution in [1.82, 2.24) is 4.72 Å². The van der Waals surface area contributed by atoms with Gasteiger partial charge in [0.15, 0.2) is 0 Å². The molecule has 0 aliphatic heterocycles. The van der Waals surface area contributed by atoms with Gasteiger partial charge in [0.2, 0.25) is 10.0 Å². The van der Waals surface area contributed by atoms with Gasteiger partial charge in [-0.1, -0.05) is 0 Å². The van der Waals surface area contributed by atoms with E-state index in [4.69, 9.17) is 9.47 Å². The van der Waals surface area contributed by atoms with Crippen LogP contribution < -0.4 is 9.46 Å². The first-order valence-electron chi connectivity index (χ1n) is 6.36. The molecule has 0 unspecified atom stereocenters. The maximum Gasteiger partial charge on any atom is 0.320 e. The first kappa shape index (κ1) is 17.4. The van der Waals surface area contributed by atoms with Crippen LogP contribution in [0.1, 0.15) is 6.92 Å². The number of nitrogens with one attached hydrogen (secondary N) is 1. The van der Waals surface area contributed by atoms with Crippen molar-refractivity contribution in [3.05, 3.63) is 24.3 Å². The van der Waals surface area contributed by atoms with E-state index in [1.165, 1.54) is 19.2 Å². The highest BCUT2D eigenvalue weighted by Crippen LogP contribution is 2.15. The van der Waals surface area contributed by atoms with Gasteiger partial charge in [0.1, 0.15) is 18.9 Å². The maximum atomic E-state index is 11.9. The molecule has 0 spiro atoms. The largest absolute Gasteiger partial charge is 0.491 e. The number of hydrogen-bond donors (Lipinski definition) is 1. The molecule has 118 valence electrons. The van der Waals surface area contributed by atoms with E-state index in [0.717, 1.165) is 0 Å². The minimum Gasteiger partial charge on any atom is -0.491 e. The molecule has 0 saturated heterocycles. The van der Waals surface area contributed by atoms with Gasteiger partial charge in [-0.25, -0.2) is 8.42 Å². The topological polar surface area (TPSA) is 90.9 Å². The molecule has 1 rings (SSSR count). The smallest absolute Gasteiger partial charge is 0.320 e. The van der Waals surface area contributed by atoms with Crippen LogP contribution in [0.25, 0.3) is 0 Å². The standard InChI is InChI=1S/C13H19NO6S/c1-3-19-8-9-20-11-4-6-12(7-5-11)21(16,17)14-10-13(15)18-2/h4-7,14H,3,8-10H2,1-2H3. The van der Waals surface area contributed by atoms with E-state index in [-0.39, 0.29) is 4.90 Å². The van der Waals surface area contributed by atoms with Gasteiger partial charge in [-0.05, 0) is 31.2 Å². The molecule has 0 amide bonds. The lowest BCUT2D eigenvalue weighted by Gasteiger charge is -2.08. The fourth-order valence-corrected chi connectivity index (χ4v) is 2.36. The summed E-state index contributed by atoms with van der Waals surface area (Å²) in [5.41, 5.74) is 0. The summed E-state index contributed by atoms with van der Waals surface area (Å²) in [6, 6.07) is 5.88. The first-order chi connectivity index (χ1) is 9.99. The predicted octanol–water partition coefficient (Wildman–Crippen LogP) is 0.553. The highest BCUT2D eigenvalue weighted by atomic mass is 32.2. The van der Waals surface area contributed by atoms with Crippen molar-refractivity contribution in [3.63, 3.8) is 0 Å². The summed E-state index contributed by atoms with van der Waals surface area (Å²) >= 11 is 0. The Hall–Kier alpha value is -1.64. The van der Waals surface area contributed by atoms with Crippen molar-refractivity contribution in [2.75, 3.05) is 33.5 Å². The van der Waals surface area contributed by atoms with E-state index in [1.807, 2.05) is 6.92 Å². The highest BCUT2D eigenvalue weighted by molar-refractivity contribution is 7.89. The van der Waals surface area contributed by atoms with Crippen LogP contribution in [0.15, 0.2) is 29.2 Å². The summed E-state index contributed by atoms with van der Waals surface area (Å²) in [6.45, 7) is 2.95. The Morgan fingerprint density at radius 1 is 1.19 bits per heavy atom. The van der Waals surface area contributed by atoms with Gasteiger partial charge in [-0.2, -0.15) is 4.72 Å². The lowest BCUT2D eigenvalue weighted by atomic mass is 10.3. The zero-order chi connectivity index (χ0) is 15.7. The second-order valence-electron chi connectivity index (χ2n) is 3.92. The van der Waals surface area contributed by atoms with Crippen LogP contribution in [0.3, 0.4) is 0 Å². The average molecular weight is 317 g/mol. The van der Waals surface area contributed by atoms with Gasteiger partial charge in [0.05, 0.1) is 18.6 Å². The number of carbonyl (C=O) groups excluding carboxylic acids is 1. The number of benzene rings is 1. The van der Waals surface area contributed by atoms with Crippen LogP contribution in [0.2, 0.25) is 0 Å². The van der Waals surface area contributed by atoms with Gasteiger partial charge < -0.3 is 14.2 Å². The van der Waals surface area contributed by atoms with Crippen LogP contribution in [0.4, 0.5) is 0 Å². The average Bonchev–Trinajstić information content (AvgIpc) is 2.50. The molecule has 0 radical (unpaired) electrons. The lowest BCUT2D eigenvalue weighted by Crippen LogP contribution is -2.30. The minimum absolute atomic E-state index is 0.0450. The zero-order valence-electron chi connectivity index (χ0n) is 12.0. The number of sulfonamides is 1. The van der Waals surface area contributed by atoms with E-state index < -0.39 is 22.5 Å². The van der Waals surface area contributed by atoms with E-state index in [1.54, 1.807) is 12.1 Å². The van der Waals surface area contributed by atoms with Crippen LogP contribution in [-0.2, 0) is 24.3 Å². The minimum atomic E-state index is -3.74. The second-order valence-corrected chi connectivity index (χ2v) is 5.68. The van der Waals surface area contributed by atoms with Gasteiger partial charge in [-0.3, -0.25) is 4.79 Å². The molecule has 1 aromatic carbocycles. The molecular formula is C13H19NO6S. The van der Waals surface area contributed by atoms with Gasteiger partial charge in [0.25, 0.3) is 0 Å². The monoisotopic (exact) mass is 317 g/mol. The number of rotatable bonds is 9. The zero-order valence-corrected chi connectivity index (χ0v) is 12.8. The lowest BCUT2D eigenvalue weighted by molar-refractivity contribution is -0.139. The second kappa shape index (κ2) is 8.60. The Kier molecular flexibility index (Phi) is 7.13.